The molecule has 0 radical (unpaired) electrons. The van der Waals surface area contributed by atoms with Gasteiger partial charge in [0.05, 0.1) is 0 Å². The molecule has 2 aromatic carbocycles. The van der Waals surface area contributed by atoms with E-state index >= 15 is 0 Å². The molecule has 0 saturated carbocycles. The summed E-state index contributed by atoms with van der Waals surface area (Å²) in [4.78, 5) is 0. The molecule has 0 aliphatic carbocycles. The lowest BCUT2D eigenvalue weighted by atomic mass is 9.90. The van der Waals surface area contributed by atoms with E-state index in [-0.39, 0.29) is 11.7 Å². The first-order valence-electron chi connectivity index (χ1n) is 5.76. The summed E-state index contributed by atoms with van der Waals surface area (Å²) in [7, 11) is 0. The van der Waals surface area contributed by atoms with E-state index in [0.29, 0.717) is 12.4 Å². The van der Waals surface area contributed by atoms with Crippen LogP contribution in [-0.4, -0.2) is 0 Å². The van der Waals surface area contributed by atoms with Crippen LogP contribution in [0.25, 0.3) is 0 Å². The van der Waals surface area contributed by atoms with Gasteiger partial charge in [-0.2, -0.15) is 0 Å². The summed E-state index contributed by atoms with van der Waals surface area (Å²) in [6, 6.07) is 13.0. The molecule has 1 aliphatic heterocycles. The van der Waals surface area contributed by atoms with Gasteiger partial charge in [-0.15, -0.1) is 0 Å². The highest BCUT2D eigenvalue weighted by Crippen LogP contribution is 2.37. The SMILES string of the molecule is CC1c2ccccc2COc2cc(F)ccc21. The molecule has 2 aromatic rings. The van der Waals surface area contributed by atoms with Gasteiger partial charge in [-0.25, -0.2) is 4.39 Å². The highest BCUT2D eigenvalue weighted by Gasteiger charge is 2.20. The smallest absolute Gasteiger partial charge is 0.126 e. The Kier molecular flexibility index (Phi) is 2.36. The second kappa shape index (κ2) is 3.88. The topological polar surface area (TPSA) is 9.23 Å². The van der Waals surface area contributed by atoms with Crippen molar-refractivity contribution in [1.29, 1.82) is 0 Å². The van der Waals surface area contributed by atoms with Crippen LogP contribution in [0.4, 0.5) is 4.39 Å². The third-order valence-corrected chi connectivity index (χ3v) is 3.35. The molecule has 0 fully saturated rings. The molecule has 0 bridgehead atoms. The summed E-state index contributed by atoms with van der Waals surface area (Å²) in [5.74, 6) is 0.653. The van der Waals surface area contributed by atoms with Crippen molar-refractivity contribution >= 4 is 0 Å². The second-order valence-electron chi connectivity index (χ2n) is 4.39. The van der Waals surface area contributed by atoms with E-state index in [0.717, 1.165) is 5.56 Å². The fourth-order valence-electron chi connectivity index (χ4n) is 2.40. The molecule has 0 spiro atoms. The normalized spacial score (nSPS) is 17.6. The molecule has 0 amide bonds. The molecule has 1 heterocycles. The zero-order chi connectivity index (χ0) is 11.8. The predicted octanol–water partition coefficient (Wildman–Crippen LogP) is 3.87. The van der Waals surface area contributed by atoms with Crippen molar-refractivity contribution in [3.63, 3.8) is 0 Å². The maximum Gasteiger partial charge on any atom is 0.126 e. The highest BCUT2D eigenvalue weighted by molar-refractivity contribution is 5.46. The summed E-state index contributed by atoms with van der Waals surface area (Å²) < 4.78 is 18.9. The lowest BCUT2D eigenvalue weighted by Gasteiger charge is -2.13. The van der Waals surface area contributed by atoms with Gasteiger partial charge in [0, 0.05) is 17.5 Å². The van der Waals surface area contributed by atoms with Crippen molar-refractivity contribution in [2.24, 2.45) is 0 Å². The number of benzene rings is 2. The van der Waals surface area contributed by atoms with Gasteiger partial charge in [-0.05, 0) is 17.2 Å². The van der Waals surface area contributed by atoms with E-state index < -0.39 is 0 Å². The number of hydrogen-bond donors (Lipinski definition) is 0. The van der Waals surface area contributed by atoms with Crippen molar-refractivity contribution in [2.45, 2.75) is 19.4 Å². The fourth-order valence-corrected chi connectivity index (χ4v) is 2.40. The quantitative estimate of drug-likeness (QED) is 0.665. The monoisotopic (exact) mass is 228 g/mol. The predicted molar refractivity (Wildman–Crippen MR) is 64.7 cm³/mol. The van der Waals surface area contributed by atoms with E-state index in [4.69, 9.17) is 4.74 Å². The van der Waals surface area contributed by atoms with E-state index in [1.54, 1.807) is 0 Å². The van der Waals surface area contributed by atoms with Crippen LogP contribution >= 0.6 is 0 Å². The third kappa shape index (κ3) is 1.70. The van der Waals surface area contributed by atoms with E-state index in [1.165, 1.54) is 23.3 Å². The van der Waals surface area contributed by atoms with E-state index in [1.807, 2.05) is 18.2 Å². The highest BCUT2D eigenvalue weighted by atomic mass is 19.1. The van der Waals surface area contributed by atoms with Gasteiger partial charge in [-0.1, -0.05) is 37.3 Å². The zero-order valence-corrected chi connectivity index (χ0v) is 9.61. The number of rotatable bonds is 0. The minimum absolute atomic E-state index is 0.240. The summed E-state index contributed by atoms with van der Waals surface area (Å²) in [6.07, 6.45) is 0. The van der Waals surface area contributed by atoms with Crippen molar-refractivity contribution in [3.05, 3.63) is 65.0 Å². The Balaban J connectivity index is 2.16. The van der Waals surface area contributed by atoms with Gasteiger partial charge in [0.2, 0.25) is 0 Å². The molecule has 17 heavy (non-hydrogen) atoms. The zero-order valence-electron chi connectivity index (χ0n) is 9.61. The Morgan fingerprint density at radius 1 is 1.12 bits per heavy atom. The number of hydrogen-bond acceptors (Lipinski definition) is 1. The minimum Gasteiger partial charge on any atom is -0.488 e. The van der Waals surface area contributed by atoms with Crippen LogP contribution in [0, 0.1) is 5.82 Å². The van der Waals surface area contributed by atoms with E-state index in [9.17, 15) is 4.39 Å². The third-order valence-electron chi connectivity index (χ3n) is 3.35. The van der Waals surface area contributed by atoms with Crippen molar-refractivity contribution < 1.29 is 9.13 Å². The second-order valence-corrected chi connectivity index (χ2v) is 4.39. The average Bonchev–Trinajstić information content (AvgIpc) is 2.48. The van der Waals surface area contributed by atoms with Crippen molar-refractivity contribution in [1.82, 2.24) is 0 Å². The van der Waals surface area contributed by atoms with Crippen LogP contribution in [0.15, 0.2) is 42.5 Å². The number of ether oxygens (including phenoxy) is 1. The lowest BCUT2D eigenvalue weighted by molar-refractivity contribution is 0.305. The van der Waals surface area contributed by atoms with Gasteiger partial charge in [0.1, 0.15) is 18.2 Å². The van der Waals surface area contributed by atoms with Gasteiger partial charge < -0.3 is 4.74 Å². The van der Waals surface area contributed by atoms with Crippen LogP contribution in [0.2, 0.25) is 0 Å². The molecule has 1 nitrogen and oxygen atoms in total. The molecule has 0 saturated heterocycles. The molecule has 3 rings (SSSR count). The van der Waals surface area contributed by atoms with Crippen molar-refractivity contribution in [2.75, 3.05) is 0 Å². The maximum absolute atomic E-state index is 13.2. The van der Waals surface area contributed by atoms with E-state index in [2.05, 4.69) is 19.1 Å². The fraction of sp³-hybridized carbons (Fsp3) is 0.200. The molecule has 0 N–H and O–H groups in total. The molecule has 0 aromatic heterocycles. The van der Waals surface area contributed by atoms with Crippen LogP contribution < -0.4 is 4.74 Å². The molecule has 1 aliphatic rings. The average molecular weight is 228 g/mol. The summed E-state index contributed by atoms with van der Waals surface area (Å²) in [6.45, 7) is 2.64. The largest absolute Gasteiger partial charge is 0.488 e. The molecular formula is C15H13FO. The van der Waals surface area contributed by atoms with Crippen LogP contribution in [0.3, 0.4) is 0 Å². The molecule has 86 valence electrons. The first-order chi connectivity index (χ1) is 8.25. The first kappa shape index (κ1) is 10.3. The lowest BCUT2D eigenvalue weighted by Crippen LogP contribution is -1.97. The Morgan fingerprint density at radius 3 is 2.82 bits per heavy atom. The van der Waals surface area contributed by atoms with Gasteiger partial charge in [0.15, 0.2) is 0 Å². The summed E-state index contributed by atoms with van der Waals surface area (Å²) in [5, 5.41) is 0. The molecule has 1 atom stereocenters. The van der Waals surface area contributed by atoms with Crippen LogP contribution in [-0.2, 0) is 6.61 Å². The summed E-state index contributed by atoms with van der Waals surface area (Å²) in [5.41, 5.74) is 3.49. The Labute approximate surface area is 99.9 Å². The van der Waals surface area contributed by atoms with Crippen LogP contribution in [0.1, 0.15) is 29.5 Å². The Hall–Kier alpha value is -1.83. The van der Waals surface area contributed by atoms with Gasteiger partial charge in [0.25, 0.3) is 0 Å². The Morgan fingerprint density at radius 2 is 1.94 bits per heavy atom. The number of fused-ring (bicyclic) bond motifs is 2. The van der Waals surface area contributed by atoms with Crippen LogP contribution in [0.5, 0.6) is 5.75 Å². The van der Waals surface area contributed by atoms with Gasteiger partial charge in [-0.3, -0.25) is 0 Å². The van der Waals surface area contributed by atoms with Crippen molar-refractivity contribution in [3.8, 4) is 5.75 Å². The molecule has 2 heteroatoms. The molecular weight excluding hydrogens is 215 g/mol. The molecule has 1 unspecified atom stereocenters. The first-order valence-corrected chi connectivity index (χ1v) is 5.76. The minimum atomic E-state index is -0.248. The standard InChI is InChI=1S/C15H13FO/c1-10-13-5-3-2-4-11(13)9-17-15-8-12(16)6-7-14(10)15/h2-8,10H,9H2,1H3. The van der Waals surface area contributed by atoms with Gasteiger partial charge >= 0.3 is 0 Å². The number of halogens is 1. The maximum atomic E-state index is 13.2. The summed E-state index contributed by atoms with van der Waals surface area (Å²) >= 11 is 0. The Bertz CT molecular complexity index is 563.